The number of hydrogen-bond donors (Lipinski definition) is 5. The number of aliphatic carboxylic acids is 1. The number of carbonyl (C=O) groups is 4. The zero-order valence-electron chi connectivity index (χ0n) is 33.5. The molecule has 13 atom stereocenters. The van der Waals surface area contributed by atoms with Crippen molar-refractivity contribution in [2.75, 3.05) is 0 Å². The first-order valence-electron chi connectivity index (χ1n) is 20.5. The number of amides is 1. The predicted octanol–water partition coefficient (Wildman–Crippen LogP) is 7.58. The molecule has 1 spiro atoms. The van der Waals surface area contributed by atoms with Crippen LogP contribution in [-0.4, -0.2) is 80.2 Å². The average molecular weight is 842 g/mol. The highest BCUT2D eigenvalue weighted by Gasteiger charge is 2.67. The van der Waals surface area contributed by atoms with Crippen LogP contribution in [0.2, 0.25) is 10.2 Å². The second-order valence-electron chi connectivity index (χ2n) is 17.2. The highest BCUT2D eigenvalue weighted by atomic mass is 35.5. The average Bonchev–Trinajstić information content (AvgIpc) is 3.65. The Morgan fingerprint density at radius 1 is 1.10 bits per heavy atom. The highest BCUT2D eigenvalue weighted by Crippen LogP contribution is 2.61. The van der Waals surface area contributed by atoms with E-state index in [9.17, 15) is 29.7 Å². The van der Waals surface area contributed by atoms with E-state index >= 15 is 4.79 Å². The number of esters is 1. The number of halogens is 2. The van der Waals surface area contributed by atoms with Crippen LogP contribution in [0.25, 0.3) is 0 Å². The van der Waals surface area contributed by atoms with Gasteiger partial charge in [0.15, 0.2) is 11.9 Å². The third kappa shape index (κ3) is 6.90. The quantitative estimate of drug-likeness (QED) is 0.104. The van der Waals surface area contributed by atoms with E-state index in [-0.39, 0.29) is 69.3 Å². The molecule has 2 bridgehead atoms. The molecule has 1 amide bonds. The number of carboxylic acid groups (broad SMARTS) is 1. The molecule has 314 valence electrons. The first-order valence-corrected chi connectivity index (χ1v) is 21.3. The van der Waals surface area contributed by atoms with E-state index in [1.54, 1.807) is 26.0 Å². The van der Waals surface area contributed by atoms with Crippen LogP contribution < -0.4 is 5.32 Å². The Morgan fingerprint density at radius 3 is 2.52 bits per heavy atom. The number of ketones is 1. The molecular formula is C44H54Cl2N2O10. The predicted molar refractivity (Wildman–Crippen MR) is 216 cm³/mol. The number of carbonyl (C=O) groups excluding carboxylic acids is 3. The smallest absolute Gasteiger partial charge is 0.346 e. The number of aliphatic hydroxyl groups excluding tert-OH is 2. The van der Waals surface area contributed by atoms with E-state index in [0.29, 0.717) is 32.1 Å². The van der Waals surface area contributed by atoms with E-state index in [1.165, 1.54) is 6.07 Å². The van der Waals surface area contributed by atoms with Crippen molar-refractivity contribution in [1.82, 2.24) is 10.3 Å². The van der Waals surface area contributed by atoms with Crippen molar-refractivity contribution in [3.63, 3.8) is 0 Å². The maximum Gasteiger partial charge on any atom is 0.346 e. The summed E-state index contributed by atoms with van der Waals surface area (Å²) in [7, 11) is 0. The zero-order chi connectivity index (χ0) is 41.9. The van der Waals surface area contributed by atoms with E-state index in [2.05, 4.69) is 35.5 Å². The molecule has 6 aliphatic rings. The first kappa shape index (κ1) is 42.4. The van der Waals surface area contributed by atoms with Gasteiger partial charge in [-0.15, -0.1) is 0 Å². The fraction of sp³-hybridized carbons (Fsp3) is 0.591. The zero-order valence-corrected chi connectivity index (χ0v) is 35.0. The van der Waals surface area contributed by atoms with Crippen LogP contribution in [0, 0.1) is 40.4 Å². The second-order valence-corrected chi connectivity index (χ2v) is 18.1. The van der Waals surface area contributed by atoms with Gasteiger partial charge in [-0.2, -0.15) is 0 Å². The van der Waals surface area contributed by atoms with Gasteiger partial charge in [-0.05, 0) is 82.1 Å². The van der Waals surface area contributed by atoms with E-state index < -0.39 is 76.6 Å². The maximum atomic E-state index is 15.0. The molecule has 1 aromatic rings. The summed E-state index contributed by atoms with van der Waals surface area (Å²) in [5, 5.41) is 37.4. The minimum absolute atomic E-state index is 0.0220. The summed E-state index contributed by atoms with van der Waals surface area (Å²) in [6.45, 7) is 9.40. The molecule has 14 heteroatoms. The first-order chi connectivity index (χ1) is 27.5. The van der Waals surface area contributed by atoms with Crippen LogP contribution >= 0.6 is 23.2 Å². The SMILES string of the molecule is CCC1CC23OC(=O)/C(=C(\O)C4(CC)C(C=CC5C(OC6CC(O)C(NC(=O)c7[nH]c(Cl)cc7Cl)C(C)O6)C(C)CCC54)C/C=C/C/C=C/C2(C)C=C1C(=O)O)C3=O. The van der Waals surface area contributed by atoms with Gasteiger partial charge in [0.05, 0.1) is 34.8 Å². The Kier molecular flexibility index (Phi) is 11.8. The molecule has 3 fully saturated rings. The summed E-state index contributed by atoms with van der Waals surface area (Å²) < 4.78 is 19.3. The van der Waals surface area contributed by atoms with Crippen LogP contribution in [0.15, 0.2) is 65.5 Å². The molecule has 1 aromatic heterocycles. The van der Waals surface area contributed by atoms with Crippen LogP contribution in [0.3, 0.4) is 0 Å². The molecule has 7 rings (SSSR count). The van der Waals surface area contributed by atoms with Crippen LogP contribution in [0.5, 0.6) is 0 Å². The Hall–Kier alpha value is -3.68. The number of nitrogens with one attached hydrogen (secondary N) is 2. The summed E-state index contributed by atoms with van der Waals surface area (Å²) >= 11 is 12.2. The standard InChI is InChI=1S/C44H54Cl2N2O10/c1-6-24-20-44-38(51)33(41(55)58-44)37(50)43(7-2)25(12-10-8-9-11-17-42(44,5)21-27(24)40(53)54)14-15-26-28(43)16-13-22(3)36(26)57-32-19-30(49)34(23(4)56-32)48-39(52)35-29(45)18-31(46)47-35/h8,10-11,14-15,17-18,21-26,28,30,32,34,36,47,49-50H,6-7,9,12-13,16,19-20H2,1-5H3,(H,48,52)(H,53,54)/b10-8+,17-11+,37-33-. The van der Waals surface area contributed by atoms with Gasteiger partial charge in [0.25, 0.3) is 5.91 Å². The lowest BCUT2D eigenvalue weighted by Gasteiger charge is -2.55. The third-order valence-electron chi connectivity index (χ3n) is 14.2. The van der Waals surface area contributed by atoms with Crippen molar-refractivity contribution in [1.29, 1.82) is 0 Å². The molecule has 1 saturated carbocycles. The van der Waals surface area contributed by atoms with Crippen LogP contribution in [-0.2, 0) is 28.6 Å². The highest BCUT2D eigenvalue weighted by molar-refractivity contribution is 6.36. The number of Topliss-reactive ketones (excluding diaryl/α,β-unsaturated/α-hetero) is 1. The number of aromatic nitrogens is 1. The van der Waals surface area contributed by atoms with Gasteiger partial charge in [0.1, 0.15) is 22.2 Å². The molecule has 2 saturated heterocycles. The van der Waals surface area contributed by atoms with E-state index in [1.807, 2.05) is 26.0 Å². The molecule has 12 nitrogen and oxygen atoms in total. The van der Waals surface area contributed by atoms with Gasteiger partial charge < -0.3 is 39.8 Å². The Balaban J connectivity index is 1.22. The minimum atomic E-state index is -1.74. The van der Waals surface area contributed by atoms with E-state index in [4.69, 9.17) is 37.4 Å². The second kappa shape index (κ2) is 16.1. The molecule has 0 radical (unpaired) electrons. The van der Waals surface area contributed by atoms with Crippen LogP contribution in [0.4, 0.5) is 0 Å². The number of allylic oxidation sites excluding steroid dienone is 5. The molecule has 3 heterocycles. The van der Waals surface area contributed by atoms with Gasteiger partial charge in [-0.25, -0.2) is 9.59 Å². The summed E-state index contributed by atoms with van der Waals surface area (Å²) in [6, 6.07) is 0.665. The lowest BCUT2D eigenvalue weighted by atomic mass is 9.51. The molecule has 4 aliphatic carbocycles. The number of rotatable bonds is 7. The summed E-state index contributed by atoms with van der Waals surface area (Å²) in [4.78, 5) is 57.4. The minimum Gasteiger partial charge on any atom is -0.511 e. The molecular weight excluding hydrogens is 787 g/mol. The summed E-state index contributed by atoms with van der Waals surface area (Å²) in [6.07, 6.45) is 14.0. The number of carboxylic acids is 1. The Labute approximate surface area is 348 Å². The molecule has 13 unspecified atom stereocenters. The summed E-state index contributed by atoms with van der Waals surface area (Å²) in [5.74, 6) is -4.71. The van der Waals surface area contributed by atoms with Crippen molar-refractivity contribution in [3.05, 3.63) is 81.4 Å². The number of H-pyrrole nitrogens is 1. The lowest BCUT2D eigenvalue weighted by Crippen LogP contribution is -2.58. The number of hydrogen-bond acceptors (Lipinski definition) is 9. The topological polar surface area (TPSA) is 184 Å². The van der Waals surface area contributed by atoms with Gasteiger partial charge in [0.2, 0.25) is 5.78 Å². The molecule has 0 aromatic carbocycles. The van der Waals surface area contributed by atoms with Crippen molar-refractivity contribution >= 4 is 46.8 Å². The van der Waals surface area contributed by atoms with E-state index in [0.717, 1.165) is 6.42 Å². The number of aromatic amines is 1. The van der Waals surface area contributed by atoms with Gasteiger partial charge in [-0.3, -0.25) is 9.59 Å². The maximum absolute atomic E-state index is 15.0. The number of fused-ring (bicyclic) bond motifs is 4. The Morgan fingerprint density at radius 2 is 1.86 bits per heavy atom. The van der Waals surface area contributed by atoms with Crippen molar-refractivity contribution in [2.45, 2.75) is 122 Å². The van der Waals surface area contributed by atoms with Crippen LogP contribution in [0.1, 0.15) is 96.5 Å². The largest absolute Gasteiger partial charge is 0.511 e. The fourth-order valence-electron chi connectivity index (χ4n) is 11.0. The number of aliphatic hydroxyl groups is 2. The number of ether oxygens (including phenoxy) is 3. The lowest BCUT2D eigenvalue weighted by molar-refractivity contribution is -0.258. The van der Waals surface area contributed by atoms with Gasteiger partial charge in [-0.1, -0.05) is 86.5 Å². The third-order valence-corrected chi connectivity index (χ3v) is 14.7. The van der Waals surface area contributed by atoms with Gasteiger partial charge >= 0.3 is 11.9 Å². The molecule has 5 N–H and O–H groups in total. The monoisotopic (exact) mass is 840 g/mol. The van der Waals surface area contributed by atoms with Crippen molar-refractivity contribution < 1.29 is 48.7 Å². The van der Waals surface area contributed by atoms with Crippen molar-refractivity contribution in [3.8, 4) is 0 Å². The fourth-order valence-corrected chi connectivity index (χ4v) is 11.5. The Bertz CT molecular complexity index is 1990. The molecule has 2 aliphatic heterocycles. The van der Waals surface area contributed by atoms with Crippen molar-refractivity contribution in [2.24, 2.45) is 40.4 Å². The molecule has 58 heavy (non-hydrogen) atoms. The normalized spacial score (nSPS) is 42.3. The van der Waals surface area contributed by atoms with Gasteiger partial charge in [0, 0.05) is 29.7 Å². The summed E-state index contributed by atoms with van der Waals surface area (Å²) in [5.41, 5.74) is -4.19.